The molecule has 5 heteroatoms. The number of rotatable bonds is 6. The Morgan fingerprint density at radius 1 is 1.24 bits per heavy atom. The second kappa shape index (κ2) is 5.64. The van der Waals surface area contributed by atoms with E-state index in [1.54, 1.807) is 0 Å². The third kappa shape index (κ3) is 3.18. The van der Waals surface area contributed by atoms with Crippen molar-refractivity contribution < 1.29 is 0 Å². The standard InChI is InChI=1S/C16H25N5/c1-11-9-15(20(4)18-11)10-21-13(3)16(12(2)19-21)7-8-17-14-5-6-14/h9,14,17H,5-8,10H2,1-4H3. The first-order valence-corrected chi connectivity index (χ1v) is 7.80. The Morgan fingerprint density at radius 3 is 2.62 bits per heavy atom. The van der Waals surface area contributed by atoms with Crippen LogP contribution < -0.4 is 5.32 Å². The molecule has 5 nitrogen and oxygen atoms in total. The van der Waals surface area contributed by atoms with Gasteiger partial charge < -0.3 is 5.32 Å². The van der Waals surface area contributed by atoms with E-state index in [1.165, 1.54) is 29.8 Å². The molecule has 0 spiro atoms. The minimum Gasteiger partial charge on any atom is -0.314 e. The van der Waals surface area contributed by atoms with Crippen LogP contribution in [-0.4, -0.2) is 32.1 Å². The maximum atomic E-state index is 4.72. The van der Waals surface area contributed by atoms with Gasteiger partial charge in [-0.15, -0.1) is 0 Å². The van der Waals surface area contributed by atoms with Crippen molar-refractivity contribution in [1.82, 2.24) is 24.9 Å². The monoisotopic (exact) mass is 287 g/mol. The Hall–Kier alpha value is -1.62. The molecule has 0 saturated heterocycles. The molecule has 3 rings (SSSR count). The Kier molecular flexibility index (Phi) is 3.85. The van der Waals surface area contributed by atoms with Gasteiger partial charge in [-0.05, 0) is 58.2 Å². The van der Waals surface area contributed by atoms with Crippen molar-refractivity contribution in [1.29, 1.82) is 0 Å². The third-order valence-corrected chi connectivity index (χ3v) is 4.33. The molecule has 2 aromatic rings. The van der Waals surface area contributed by atoms with Crippen LogP contribution in [0, 0.1) is 20.8 Å². The average Bonchev–Trinajstić information content (AvgIpc) is 3.14. The van der Waals surface area contributed by atoms with E-state index in [0.29, 0.717) is 0 Å². The van der Waals surface area contributed by atoms with Crippen molar-refractivity contribution in [3.8, 4) is 0 Å². The zero-order chi connectivity index (χ0) is 15.0. The second-order valence-electron chi connectivity index (χ2n) is 6.19. The Bertz CT molecular complexity index is 633. The van der Waals surface area contributed by atoms with Crippen molar-refractivity contribution in [3.05, 3.63) is 34.4 Å². The summed E-state index contributed by atoms with van der Waals surface area (Å²) in [6.07, 6.45) is 3.76. The van der Waals surface area contributed by atoms with Crippen LogP contribution in [0.2, 0.25) is 0 Å². The van der Waals surface area contributed by atoms with Gasteiger partial charge in [-0.1, -0.05) is 0 Å². The molecule has 0 bridgehead atoms. The van der Waals surface area contributed by atoms with Gasteiger partial charge in [0.25, 0.3) is 0 Å². The molecule has 1 aliphatic rings. The summed E-state index contributed by atoms with van der Waals surface area (Å²) in [6.45, 7) is 8.17. The van der Waals surface area contributed by atoms with Gasteiger partial charge in [0.2, 0.25) is 0 Å². The molecule has 2 heterocycles. The zero-order valence-corrected chi connectivity index (χ0v) is 13.5. The van der Waals surface area contributed by atoms with Crippen LogP contribution in [0.3, 0.4) is 0 Å². The SMILES string of the molecule is Cc1cc(Cn2nc(C)c(CCNC3CC3)c2C)n(C)n1. The molecular weight excluding hydrogens is 262 g/mol. The van der Waals surface area contributed by atoms with Gasteiger partial charge in [-0.3, -0.25) is 9.36 Å². The highest BCUT2D eigenvalue weighted by molar-refractivity contribution is 5.25. The van der Waals surface area contributed by atoms with E-state index in [-0.39, 0.29) is 0 Å². The predicted octanol–water partition coefficient (Wildman–Crippen LogP) is 1.88. The summed E-state index contributed by atoms with van der Waals surface area (Å²) >= 11 is 0. The molecular formula is C16H25N5. The molecule has 1 saturated carbocycles. The molecule has 0 aliphatic heterocycles. The van der Waals surface area contributed by atoms with Crippen LogP contribution >= 0.6 is 0 Å². The molecule has 0 unspecified atom stereocenters. The summed E-state index contributed by atoms with van der Waals surface area (Å²) in [6, 6.07) is 2.91. The Morgan fingerprint density at radius 2 is 2.00 bits per heavy atom. The van der Waals surface area contributed by atoms with Crippen LogP contribution in [0.25, 0.3) is 0 Å². The largest absolute Gasteiger partial charge is 0.314 e. The quantitative estimate of drug-likeness (QED) is 0.882. The maximum Gasteiger partial charge on any atom is 0.0831 e. The van der Waals surface area contributed by atoms with Gasteiger partial charge in [0.15, 0.2) is 0 Å². The maximum absolute atomic E-state index is 4.72. The number of hydrogen-bond donors (Lipinski definition) is 1. The van der Waals surface area contributed by atoms with E-state index in [2.05, 4.69) is 35.0 Å². The van der Waals surface area contributed by atoms with Crippen molar-refractivity contribution in [2.45, 2.75) is 52.6 Å². The van der Waals surface area contributed by atoms with Crippen LogP contribution in [-0.2, 0) is 20.0 Å². The van der Waals surface area contributed by atoms with Gasteiger partial charge in [0.1, 0.15) is 0 Å². The molecule has 1 aliphatic carbocycles. The minimum atomic E-state index is 0.776. The summed E-state index contributed by atoms with van der Waals surface area (Å²) in [4.78, 5) is 0. The molecule has 0 atom stereocenters. The average molecular weight is 287 g/mol. The fraction of sp³-hybridized carbons (Fsp3) is 0.625. The van der Waals surface area contributed by atoms with Crippen molar-refractivity contribution in [2.24, 2.45) is 7.05 Å². The van der Waals surface area contributed by atoms with E-state index in [9.17, 15) is 0 Å². The molecule has 0 radical (unpaired) electrons. The Labute approximate surface area is 126 Å². The molecule has 1 fully saturated rings. The molecule has 114 valence electrons. The fourth-order valence-electron chi connectivity index (χ4n) is 2.90. The van der Waals surface area contributed by atoms with Gasteiger partial charge in [-0.25, -0.2) is 0 Å². The number of nitrogens with one attached hydrogen (secondary N) is 1. The number of hydrogen-bond acceptors (Lipinski definition) is 3. The van der Waals surface area contributed by atoms with Crippen LogP contribution in [0.1, 0.15) is 41.2 Å². The summed E-state index contributed by atoms with van der Waals surface area (Å²) < 4.78 is 4.05. The topological polar surface area (TPSA) is 47.7 Å². The number of aryl methyl sites for hydroxylation is 3. The predicted molar refractivity (Wildman–Crippen MR) is 83.5 cm³/mol. The van der Waals surface area contributed by atoms with Crippen molar-refractivity contribution in [2.75, 3.05) is 6.54 Å². The lowest BCUT2D eigenvalue weighted by Crippen LogP contribution is -2.19. The lowest BCUT2D eigenvalue weighted by atomic mass is 10.1. The lowest BCUT2D eigenvalue weighted by Gasteiger charge is -2.06. The van der Waals surface area contributed by atoms with E-state index in [4.69, 9.17) is 5.10 Å². The first-order chi connectivity index (χ1) is 10.0. The number of aromatic nitrogens is 4. The highest BCUT2D eigenvalue weighted by atomic mass is 15.3. The summed E-state index contributed by atoms with van der Waals surface area (Å²) in [5, 5.41) is 12.7. The van der Waals surface area contributed by atoms with Gasteiger partial charge in [-0.2, -0.15) is 10.2 Å². The van der Waals surface area contributed by atoms with Crippen LogP contribution in [0.15, 0.2) is 6.07 Å². The first kappa shape index (κ1) is 14.3. The van der Waals surface area contributed by atoms with Gasteiger partial charge >= 0.3 is 0 Å². The lowest BCUT2D eigenvalue weighted by molar-refractivity contribution is 0.602. The van der Waals surface area contributed by atoms with Crippen molar-refractivity contribution in [3.63, 3.8) is 0 Å². The summed E-state index contributed by atoms with van der Waals surface area (Å²) in [5.74, 6) is 0. The number of nitrogens with zero attached hydrogens (tertiary/aromatic N) is 4. The smallest absolute Gasteiger partial charge is 0.0831 e. The molecule has 21 heavy (non-hydrogen) atoms. The highest BCUT2D eigenvalue weighted by Gasteiger charge is 2.20. The van der Waals surface area contributed by atoms with Gasteiger partial charge in [0, 0.05) is 18.8 Å². The summed E-state index contributed by atoms with van der Waals surface area (Å²) in [7, 11) is 1.99. The van der Waals surface area contributed by atoms with Crippen LogP contribution in [0.4, 0.5) is 0 Å². The minimum absolute atomic E-state index is 0.776. The van der Waals surface area contributed by atoms with E-state index in [0.717, 1.165) is 36.9 Å². The zero-order valence-electron chi connectivity index (χ0n) is 13.5. The molecule has 1 N–H and O–H groups in total. The first-order valence-electron chi connectivity index (χ1n) is 7.80. The van der Waals surface area contributed by atoms with E-state index in [1.807, 2.05) is 18.7 Å². The van der Waals surface area contributed by atoms with Crippen molar-refractivity contribution >= 4 is 0 Å². The molecule has 2 aromatic heterocycles. The fourth-order valence-corrected chi connectivity index (χ4v) is 2.90. The Balaban J connectivity index is 1.71. The third-order valence-electron chi connectivity index (χ3n) is 4.33. The summed E-state index contributed by atoms with van der Waals surface area (Å²) in [5.41, 5.74) is 6.08. The normalized spacial score (nSPS) is 14.9. The second-order valence-corrected chi connectivity index (χ2v) is 6.19. The van der Waals surface area contributed by atoms with Crippen LogP contribution in [0.5, 0.6) is 0 Å². The molecule has 0 amide bonds. The van der Waals surface area contributed by atoms with E-state index < -0.39 is 0 Å². The van der Waals surface area contributed by atoms with E-state index >= 15 is 0 Å². The highest BCUT2D eigenvalue weighted by Crippen LogP contribution is 2.19. The van der Waals surface area contributed by atoms with Gasteiger partial charge in [0.05, 0.1) is 23.6 Å². The molecule has 0 aromatic carbocycles.